The summed E-state index contributed by atoms with van der Waals surface area (Å²) in [6, 6.07) is 4.59. The summed E-state index contributed by atoms with van der Waals surface area (Å²) in [6.07, 6.45) is 1.36. The molecule has 0 saturated heterocycles. The average molecular weight is 239 g/mol. The molecule has 0 radical (unpaired) electrons. The lowest BCUT2D eigenvalue weighted by atomic mass is 10.2. The maximum Gasteiger partial charge on any atom is 0.263 e. The number of hydrogen-bond donors (Lipinski definition) is 2. The molecule has 1 aromatic heterocycles. The van der Waals surface area contributed by atoms with Gasteiger partial charge in [0, 0.05) is 10.6 Å². The van der Waals surface area contributed by atoms with Gasteiger partial charge in [0.05, 0.1) is 6.21 Å². The van der Waals surface area contributed by atoms with E-state index in [2.05, 4.69) is 20.6 Å². The fourth-order valence-corrected chi connectivity index (χ4v) is 1.20. The van der Waals surface area contributed by atoms with Gasteiger partial charge in [0.2, 0.25) is 0 Å². The van der Waals surface area contributed by atoms with Crippen molar-refractivity contribution in [2.45, 2.75) is 0 Å². The molecule has 0 aliphatic rings. The van der Waals surface area contributed by atoms with Crippen molar-refractivity contribution in [1.82, 2.24) is 20.3 Å². The Balaban J connectivity index is 2.30. The lowest BCUT2D eigenvalue weighted by molar-refractivity contribution is 0.474. The number of aromatic nitrogens is 4. The molecule has 0 unspecified atom stereocenters. The molecule has 0 atom stereocenters. The topological polar surface area (TPSA) is 102 Å². The van der Waals surface area contributed by atoms with Crippen LogP contribution in [0.25, 0.3) is 0 Å². The number of nitrogen functional groups attached to an aromatic ring is 1. The molecule has 16 heavy (non-hydrogen) atoms. The van der Waals surface area contributed by atoms with Crippen LogP contribution in [-0.4, -0.2) is 31.6 Å². The number of nitrogens with zero attached hydrogens (tertiary/aromatic N) is 5. The molecule has 1 aromatic carbocycles. The summed E-state index contributed by atoms with van der Waals surface area (Å²) in [5.41, 5.74) is 5.84. The maximum absolute atomic E-state index is 9.49. The van der Waals surface area contributed by atoms with E-state index >= 15 is 0 Å². The van der Waals surface area contributed by atoms with E-state index in [1.165, 1.54) is 12.3 Å². The van der Waals surface area contributed by atoms with Gasteiger partial charge in [0.25, 0.3) is 5.95 Å². The molecule has 0 spiro atoms. The molecule has 0 amide bonds. The number of tetrazole rings is 1. The largest absolute Gasteiger partial charge is 0.507 e. The molecule has 0 bridgehead atoms. The van der Waals surface area contributed by atoms with Crippen molar-refractivity contribution in [3.63, 3.8) is 0 Å². The lowest BCUT2D eigenvalue weighted by Crippen LogP contribution is -1.99. The Morgan fingerprint density at radius 2 is 2.31 bits per heavy atom. The number of benzene rings is 1. The number of aromatic hydroxyl groups is 1. The van der Waals surface area contributed by atoms with E-state index in [9.17, 15) is 5.11 Å². The highest BCUT2D eigenvalue weighted by molar-refractivity contribution is 6.30. The smallest absolute Gasteiger partial charge is 0.263 e. The molecule has 0 saturated carbocycles. The van der Waals surface area contributed by atoms with Gasteiger partial charge in [0.1, 0.15) is 5.75 Å². The molecule has 3 N–H and O–H groups in total. The fraction of sp³-hybridized carbons (Fsp3) is 0. The minimum absolute atomic E-state index is 0.0535. The first-order chi connectivity index (χ1) is 7.66. The molecule has 0 fully saturated rings. The molecule has 2 rings (SSSR count). The van der Waals surface area contributed by atoms with E-state index in [1.54, 1.807) is 12.1 Å². The zero-order valence-electron chi connectivity index (χ0n) is 7.95. The summed E-state index contributed by atoms with van der Waals surface area (Å²) in [7, 11) is 0. The molecule has 0 aliphatic heterocycles. The van der Waals surface area contributed by atoms with Crippen LogP contribution in [0.4, 0.5) is 5.95 Å². The quantitative estimate of drug-likeness (QED) is 0.742. The van der Waals surface area contributed by atoms with E-state index in [0.717, 1.165) is 4.79 Å². The summed E-state index contributed by atoms with van der Waals surface area (Å²) in [5, 5.41) is 24.1. The highest BCUT2D eigenvalue weighted by Gasteiger charge is 2.00. The van der Waals surface area contributed by atoms with Crippen LogP contribution < -0.4 is 5.73 Å². The van der Waals surface area contributed by atoms with Gasteiger partial charge >= 0.3 is 0 Å². The first kappa shape index (κ1) is 10.4. The molecule has 7 nitrogen and oxygen atoms in total. The van der Waals surface area contributed by atoms with E-state index < -0.39 is 0 Å². The number of rotatable bonds is 2. The third-order valence-electron chi connectivity index (χ3n) is 1.77. The molecular formula is C8H7ClN6O. The number of anilines is 1. The van der Waals surface area contributed by atoms with Crippen molar-refractivity contribution in [2.24, 2.45) is 5.10 Å². The summed E-state index contributed by atoms with van der Waals surface area (Å²) in [4.78, 5) is 1.03. The Morgan fingerprint density at radius 1 is 1.50 bits per heavy atom. The zero-order chi connectivity index (χ0) is 11.5. The molecule has 2 aromatic rings. The van der Waals surface area contributed by atoms with E-state index in [4.69, 9.17) is 17.3 Å². The first-order valence-corrected chi connectivity index (χ1v) is 4.61. The highest BCUT2D eigenvalue weighted by Crippen LogP contribution is 2.19. The number of halogens is 1. The molecule has 8 heteroatoms. The second-order valence-corrected chi connectivity index (χ2v) is 3.31. The van der Waals surface area contributed by atoms with Crippen molar-refractivity contribution in [1.29, 1.82) is 0 Å². The SMILES string of the molecule is Nc1nnnn1N=Cc1cc(Cl)ccc1O. The van der Waals surface area contributed by atoms with Crippen LogP contribution in [0, 0.1) is 0 Å². The Hall–Kier alpha value is -2.15. The summed E-state index contributed by atoms with van der Waals surface area (Å²) in [6.45, 7) is 0. The third kappa shape index (κ3) is 2.09. The second-order valence-electron chi connectivity index (χ2n) is 2.87. The zero-order valence-corrected chi connectivity index (χ0v) is 8.70. The second kappa shape index (κ2) is 4.15. The molecular weight excluding hydrogens is 232 g/mol. The number of phenolic OH excluding ortho intramolecular Hbond substituents is 1. The fourth-order valence-electron chi connectivity index (χ4n) is 1.02. The normalized spacial score (nSPS) is 11.1. The molecule has 0 aliphatic carbocycles. The van der Waals surface area contributed by atoms with Crippen molar-refractivity contribution >= 4 is 23.8 Å². The minimum atomic E-state index is 0.0535. The number of hydrogen-bond acceptors (Lipinski definition) is 6. The van der Waals surface area contributed by atoms with Crippen molar-refractivity contribution < 1.29 is 5.11 Å². The molecule has 1 heterocycles. The highest BCUT2D eigenvalue weighted by atomic mass is 35.5. The summed E-state index contributed by atoms with van der Waals surface area (Å²) >= 11 is 5.76. The number of nitrogens with two attached hydrogens (primary N) is 1. The standard InChI is InChI=1S/C8H7ClN6O/c9-6-1-2-7(16)5(3-6)4-11-15-8(10)12-13-14-15/h1-4,16H,(H2,10,12,14). The van der Waals surface area contributed by atoms with Crippen LogP contribution in [0.2, 0.25) is 5.02 Å². The van der Waals surface area contributed by atoms with Gasteiger partial charge in [-0.3, -0.25) is 0 Å². The van der Waals surface area contributed by atoms with Gasteiger partial charge in [-0.05, 0) is 28.6 Å². The predicted molar refractivity (Wildman–Crippen MR) is 58.3 cm³/mol. The van der Waals surface area contributed by atoms with Crippen LogP contribution in [0.5, 0.6) is 5.75 Å². The van der Waals surface area contributed by atoms with Gasteiger partial charge in [-0.15, -0.1) is 0 Å². The van der Waals surface area contributed by atoms with Gasteiger partial charge in [-0.25, -0.2) is 0 Å². The first-order valence-electron chi connectivity index (χ1n) is 4.23. The average Bonchev–Trinajstić information content (AvgIpc) is 2.66. The van der Waals surface area contributed by atoms with E-state index in [-0.39, 0.29) is 11.7 Å². The van der Waals surface area contributed by atoms with Crippen LogP contribution in [0.3, 0.4) is 0 Å². The Kier molecular flexibility index (Phi) is 2.69. The van der Waals surface area contributed by atoms with Crippen LogP contribution in [0.1, 0.15) is 5.56 Å². The summed E-state index contributed by atoms with van der Waals surface area (Å²) in [5.74, 6) is 0.109. The Labute approximate surface area is 95.1 Å². The Bertz CT molecular complexity index is 537. The van der Waals surface area contributed by atoms with Gasteiger partial charge < -0.3 is 10.8 Å². The maximum atomic E-state index is 9.49. The monoisotopic (exact) mass is 238 g/mol. The van der Waals surface area contributed by atoms with Crippen molar-refractivity contribution in [3.8, 4) is 5.75 Å². The third-order valence-corrected chi connectivity index (χ3v) is 2.01. The molecule has 82 valence electrons. The lowest BCUT2D eigenvalue weighted by Gasteiger charge is -1.98. The van der Waals surface area contributed by atoms with Gasteiger partial charge in [-0.1, -0.05) is 21.5 Å². The minimum Gasteiger partial charge on any atom is -0.507 e. The van der Waals surface area contributed by atoms with Gasteiger partial charge in [0.15, 0.2) is 0 Å². The Morgan fingerprint density at radius 3 is 3.00 bits per heavy atom. The van der Waals surface area contributed by atoms with Crippen LogP contribution in [-0.2, 0) is 0 Å². The van der Waals surface area contributed by atoms with Crippen molar-refractivity contribution in [2.75, 3.05) is 5.73 Å². The summed E-state index contributed by atoms with van der Waals surface area (Å²) < 4.78 is 0. The predicted octanol–water partition coefficient (Wildman–Crippen LogP) is 0.496. The van der Waals surface area contributed by atoms with Gasteiger partial charge in [-0.2, -0.15) is 5.10 Å². The van der Waals surface area contributed by atoms with E-state index in [0.29, 0.717) is 10.6 Å². The van der Waals surface area contributed by atoms with Crippen LogP contribution in [0.15, 0.2) is 23.3 Å². The number of phenols is 1. The van der Waals surface area contributed by atoms with Crippen molar-refractivity contribution in [3.05, 3.63) is 28.8 Å². The van der Waals surface area contributed by atoms with Crippen LogP contribution >= 0.6 is 11.6 Å². The van der Waals surface area contributed by atoms with E-state index in [1.807, 2.05) is 0 Å².